The molecule has 0 atom stereocenters. The van der Waals surface area contributed by atoms with Gasteiger partial charge in [-0.25, -0.2) is 13.1 Å². The smallest absolute Gasteiger partial charge is 0.253 e. The van der Waals surface area contributed by atoms with Gasteiger partial charge in [-0.3, -0.25) is 4.79 Å². The molecule has 0 aliphatic carbocycles. The highest BCUT2D eigenvalue weighted by molar-refractivity contribution is 7.89. The average Bonchev–Trinajstić information content (AvgIpc) is 2.61. The van der Waals surface area contributed by atoms with Crippen molar-refractivity contribution in [1.29, 1.82) is 0 Å². The van der Waals surface area contributed by atoms with Crippen LogP contribution in [0.2, 0.25) is 0 Å². The van der Waals surface area contributed by atoms with E-state index in [1.807, 2.05) is 31.2 Å². The van der Waals surface area contributed by atoms with Crippen LogP contribution in [-0.4, -0.2) is 45.5 Å². The first-order valence-electron chi connectivity index (χ1n) is 8.76. The fraction of sp³-hybridized carbons (Fsp3) is 0.350. The van der Waals surface area contributed by atoms with Gasteiger partial charge < -0.3 is 9.64 Å². The van der Waals surface area contributed by atoms with Gasteiger partial charge in [0.05, 0.1) is 11.4 Å². The summed E-state index contributed by atoms with van der Waals surface area (Å²) in [5.41, 5.74) is 1.58. The van der Waals surface area contributed by atoms with Crippen molar-refractivity contribution in [3.63, 3.8) is 0 Å². The summed E-state index contributed by atoms with van der Waals surface area (Å²) in [4.78, 5) is 14.2. The molecule has 1 N–H and O–H groups in total. The highest BCUT2D eigenvalue weighted by Crippen LogP contribution is 2.13. The standard InChI is InChI=1S/C20H26N2O4S/c1-15(2)21-27(24,25)19-11-7-17(8-12-19)20(23)22(4)13-14-26-18-9-5-16(3)6-10-18/h5-12,15,21H,13-14H2,1-4H3. The Morgan fingerprint density at radius 3 is 2.22 bits per heavy atom. The van der Waals surface area contributed by atoms with Crippen LogP contribution in [0.25, 0.3) is 0 Å². The molecule has 0 fully saturated rings. The van der Waals surface area contributed by atoms with Crippen molar-refractivity contribution in [1.82, 2.24) is 9.62 Å². The van der Waals surface area contributed by atoms with Crippen LogP contribution in [0.4, 0.5) is 0 Å². The number of amides is 1. The molecule has 0 spiro atoms. The van der Waals surface area contributed by atoms with Crippen molar-refractivity contribution in [2.45, 2.75) is 31.7 Å². The molecule has 0 aliphatic heterocycles. The van der Waals surface area contributed by atoms with E-state index in [4.69, 9.17) is 4.74 Å². The van der Waals surface area contributed by atoms with Crippen molar-refractivity contribution >= 4 is 15.9 Å². The molecule has 0 saturated heterocycles. The minimum Gasteiger partial charge on any atom is -0.492 e. The number of hydrogen-bond acceptors (Lipinski definition) is 4. The van der Waals surface area contributed by atoms with Crippen LogP contribution >= 0.6 is 0 Å². The van der Waals surface area contributed by atoms with E-state index in [9.17, 15) is 13.2 Å². The first kappa shape index (κ1) is 20.9. The Bertz CT molecular complexity index is 860. The maximum atomic E-state index is 12.5. The molecular weight excluding hydrogens is 364 g/mol. The number of likely N-dealkylation sites (N-methyl/N-ethyl adjacent to an activating group) is 1. The zero-order chi connectivity index (χ0) is 20.0. The maximum absolute atomic E-state index is 12.5. The first-order valence-corrected chi connectivity index (χ1v) is 10.2. The Morgan fingerprint density at radius 2 is 1.67 bits per heavy atom. The van der Waals surface area contributed by atoms with E-state index < -0.39 is 10.0 Å². The van der Waals surface area contributed by atoms with Gasteiger partial charge in [0.1, 0.15) is 12.4 Å². The molecule has 2 aromatic carbocycles. The second kappa shape index (κ2) is 9.01. The van der Waals surface area contributed by atoms with Crippen LogP contribution in [0.1, 0.15) is 29.8 Å². The molecule has 146 valence electrons. The minimum atomic E-state index is -3.57. The number of nitrogens with one attached hydrogen (secondary N) is 1. The molecule has 0 heterocycles. The van der Waals surface area contributed by atoms with E-state index in [0.717, 1.165) is 11.3 Å². The predicted octanol–water partition coefficient (Wildman–Crippen LogP) is 2.83. The van der Waals surface area contributed by atoms with Crippen LogP contribution in [0.15, 0.2) is 53.4 Å². The molecule has 0 aliphatic rings. The third-order valence-corrected chi connectivity index (χ3v) is 5.54. The van der Waals surface area contributed by atoms with Crippen LogP contribution in [0.3, 0.4) is 0 Å². The molecular formula is C20H26N2O4S. The summed E-state index contributed by atoms with van der Waals surface area (Å²) >= 11 is 0. The number of hydrogen-bond donors (Lipinski definition) is 1. The van der Waals surface area contributed by atoms with Gasteiger partial charge in [-0.2, -0.15) is 0 Å². The highest BCUT2D eigenvalue weighted by atomic mass is 32.2. The van der Waals surface area contributed by atoms with E-state index in [-0.39, 0.29) is 16.8 Å². The number of nitrogens with zero attached hydrogens (tertiary/aromatic N) is 1. The number of aryl methyl sites for hydroxylation is 1. The zero-order valence-corrected chi connectivity index (χ0v) is 16.9. The van der Waals surface area contributed by atoms with Gasteiger partial charge in [0, 0.05) is 18.7 Å². The topological polar surface area (TPSA) is 75.7 Å². The van der Waals surface area contributed by atoms with Crippen molar-refractivity contribution in [2.24, 2.45) is 0 Å². The van der Waals surface area contributed by atoms with Gasteiger partial charge in [0.15, 0.2) is 0 Å². The molecule has 0 unspecified atom stereocenters. The van der Waals surface area contributed by atoms with Crippen molar-refractivity contribution in [3.8, 4) is 5.75 Å². The van der Waals surface area contributed by atoms with Gasteiger partial charge in [-0.1, -0.05) is 17.7 Å². The van der Waals surface area contributed by atoms with E-state index in [2.05, 4.69) is 4.72 Å². The van der Waals surface area contributed by atoms with Crippen LogP contribution in [0.5, 0.6) is 5.75 Å². The molecule has 0 radical (unpaired) electrons. The number of benzene rings is 2. The summed E-state index contributed by atoms with van der Waals surface area (Å²) in [6.45, 7) is 6.30. The van der Waals surface area contributed by atoms with Crippen LogP contribution < -0.4 is 9.46 Å². The number of carbonyl (C=O) groups is 1. The third-order valence-electron chi connectivity index (χ3n) is 3.87. The highest BCUT2D eigenvalue weighted by Gasteiger charge is 2.17. The number of ether oxygens (including phenoxy) is 1. The molecule has 0 aromatic heterocycles. The summed E-state index contributed by atoms with van der Waals surface area (Å²) in [6, 6.07) is 13.4. The number of sulfonamides is 1. The second-order valence-electron chi connectivity index (χ2n) is 6.69. The Morgan fingerprint density at radius 1 is 1.07 bits per heavy atom. The van der Waals surface area contributed by atoms with Gasteiger partial charge in [-0.15, -0.1) is 0 Å². The number of rotatable bonds is 8. The SMILES string of the molecule is Cc1ccc(OCCN(C)C(=O)c2ccc(S(=O)(=O)NC(C)C)cc2)cc1. The maximum Gasteiger partial charge on any atom is 0.253 e. The first-order chi connectivity index (χ1) is 12.7. The summed E-state index contributed by atoms with van der Waals surface area (Å²) < 4.78 is 32.4. The monoisotopic (exact) mass is 390 g/mol. The van der Waals surface area contributed by atoms with Crippen molar-refractivity contribution < 1.29 is 17.9 Å². The van der Waals surface area contributed by atoms with E-state index in [1.54, 1.807) is 25.8 Å². The Balaban J connectivity index is 1.93. The predicted molar refractivity (Wildman–Crippen MR) is 106 cm³/mol. The molecule has 6 nitrogen and oxygen atoms in total. The fourth-order valence-electron chi connectivity index (χ4n) is 2.41. The largest absolute Gasteiger partial charge is 0.492 e. The Hall–Kier alpha value is -2.38. The van der Waals surface area contributed by atoms with Gasteiger partial charge in [0.25, 0.3) is 5.91 Å². The Labute approximate surface area is 161 Å². The lowest BCUT2D eigenvalue weighted by atomic mass is 10.2. The van der Waals surface area contributed by atoms with E-state index in [0.29, 0.717) is 18.7 Å². The molecule has 2 aromatic rings. The third kappa shape index (κ3) is 6.08. The number of carbonyl (C=O) groups excluding carboxylic acids is 1. The van der Waals surface area contributed by atoms with Crippen molar-refractivity contribution in [3.05, 3.63) is 59.7 Å². The lowest BCUT2D eigenvalue weighted by Crippen LogP contribution is -2.31. The summed E-state index contributed by atoms with van der Waals surface area (Å²) in [5, 5.41) is 0. The average molecular weight is 391 g/mol. The fourth-order valence-corrected chi connectivity index (χ4v) is 3.66. The molecule has 1 amide bonds. The van der Waals surface area contributed by atoms with E-state index >= 15 is 0 Å². The summed E-state index contributed by atoms with van der Waals surface area (Å²) in [5.74, 6) is 0.567. The van der Waals surface area contributed by atoms with Crippen LogP contribution in [0, 0.1) is 6.92 Å². The normalized spacial score (nSPS) is 11.4. The molecule has 0 bridgehead atoms. The molecule has 2 rings (SSSR count). The Kier molecular flexibility index (Phi) is 6.98. The second-order valence-corrected chi connectivity index (χ2v) is 8.40. The van der Waals surface area contributed by atoms with Gasteiger partial charge >= 0.3 is 0 Å². The van der Waals surface area contributed by atoms with E-state index in [1.165, 1.54) is 24.3 Å². The van der Waals surface area contributed by atoms with Gasteiger partial charge in [0.2, 0.25) is 10.0 Å². The van der Waals surface area contributed by atoms with Crippen LogP contribution in [-0.2, 0) is 10.0 Å². The molecule has 0 saturated carbocycles. The quantitative estimate of drug-likeness (QED) is 0.752. The lowest BCUT2D eigenvalue weighted by molar-refractivity contribution is 0.0773. The zero-order valence-electron chi connectivity index (χ0n) is 16.1. The summed E-state index contributed by atoms with van der Waals surface area (Å²) in [6.07, 6.45) is 0. The minimum absolute atomic E-state index is 0.137. The molecule has 7 heteroatoms. The van der Waals surface area contributed by atoms with Gasteiger partial charge in [-0.05, 0) is 57.2 Å². The lowest BCUT2D eigenvalue weighted by Gasteiger charge is -2.18. The molecule has 27 heavy (non-hydrogen) atoms. The summed E-state index contributed by atoms with van der Waals surface area (Å²) in [7, 11) is -1.88. The van der Waals surface area contributed by atoms with Crippen molar-refractivity contribution in [2.75, 3.05) is 20.2 Å².